The van der Waals surface area contributed by atoms with E-state index in [1.165, 1.54) is 11.3 Å². The maximum atomic E-state index is 12.4. The number of thiazole rings is 1. The third-order valence-electron chi connectivity index (χ3n) is 3.37. The van der Waals surface area contributed by atoms with Gasteiger partial charge in [-0.15, -0.1) is 11.3 Å². The first kappa shape index (κ1) is 15.2. The molecule has 23 heavy (non-hydrogen) atoms. The smallest absolute Gasteiger partial charge is 0.271 e. The van der Waals surface area contributed by atoms with Crippen molar-refractivity contribution in [1.82, 2.24) is 15.3 Å². The number of rotatable bonds is 5. The number of carbonyl (C=O) groups excluding carboxylic acids is 1. The van der Waals surface area contributed by atoms with Gasteiger partial charge in [0.1, 0.15) is 17.5 Å². The van der Waals surface area contributed by atoms with Gasteiger partial charge >= 0.3 is 0 Å². The van der Waals surface area contributed by atoms with Crippen LogP contribution in [0.5, 0.6) is 5.75 Å². The van der Waals surface area contributed by atoms with Crippen LogP contribution < -0.4 is 10.1 Å². The van der Waals surface area contributed by atoms with Gasteiger partial charge in [0.2, 0.25) is 0 Å². The van der Waals surface area contributed by atoms with Gasteiger partial charge in [0.15, 0.2) is 0 Å². The summed E-state index contributed by atoms with van der Waals surface area (Å²) in [6.07, 6.45) is 1.70. The minimum absolute atomic E-state index is 0.243. The number of para-hydroxylation sites is 1. The summed E-state index contributed by atoms with van der Waals surface area (Å²) in [4.78, 5) is 20.9. The van der Waals surface area contributed by atoms with Crippen molar-refractivity contribution in [3.05, 3.63) is 76.5 Å². The summed E-state index contributed by atoms with van der Waals surface area (Å²) < 4.78 is 5.43. The third-order valence-corrected chi connectivity index (χ3v) is 3.96. The first-order valence-electron chi connectivity index (χ1n) is 7.02. The van der Waals surface area contributed by atoms with E-state index in [4.69, 9.17) is 4.74 Å². The highest BCUT2D eigenvalue weighted by Gasteiger charge is 2.22. The largest absolute Gasteiger partial charge is 0.496 e. The van der Waals surface area contributed by atoms with Gasteiger partial charge in [0.05, 0.1) is 18.3 Å². The second kappa shape index (κ2) is 7.02. The topological polar surface area (TPSA) is 64.1 Å². The van der Waals surface area contributed by atoms with Crippen molar-refractivity contribution in [1.29, 1.82) is 0 Å². The van der Waals surface area contributed by atoms with Crippen molar-refractivity contribution >= 4 is 17.2 Å². The molecule has 0 radical (unpaired) electrons. The van der Waals surface area contributed by atoms with E-state index < -0.39 is 6.04 Å². The van der Waals surface area contributed by atoms with Crippen LogP contribution in [-0.2, 0) is 0 Å². The van der Waals surface area contributed by atoms with Crippen LogP contribution in [0.25, 0.3) is 0 Å². The highest BCUT2D eigenvalue weighted by Crippen LogP contribution is 2.29. The van der Waals surface area contributed by atoms with Crippen molar-refractivity contribution in [2.75, 3.05) is 7.11 Å². The van der Waals surface area contributed by atoms with E-state index >= 15 is 0 Å². The molecular weight excluding hydrogens is 310 g/mol. The zero-order valence-electron chi connectivity index (χ0n) is 12.5. The summed E-state index contributed by atoms with van der Waals surface area (Å²) in [5.74, 6) is 0.453. The van der Waals surface area contributed by atoms with Crippen LogP contribution in [0.4, 0.5) is 0 Å². The van der Waals surface area contributed by atoms with Crippen LogP contribution >= 0.6 is 11.3 Å². The van der Waals surface area contributed by atoms with Gasteiger partial charge in [-0.2, -0.15) is 0 Å². The molecule has 1 amide bonds. The Bertz CT molecular complexity index is 776. The maximum absolute atomic E-state index is 12.4. The summed E-state index contributed by atoms with van der Waals surface area (Å²) in [5.41, 5.74) is 3.61. The molecule has 3 rings (SSSR count). The quantitative estimate of drug-likeness (QED) is 0.783. The average molecular weight is 325 g/mol. The second-order valence-electron chi connectivity index (χ2n) is 4.78. The molecule has 3 aromatic rings. The number of nitrogens with one attached hydrogen (secondary N) is 1. The third kappa shape index (κ3) is 3.37. The van der Waals surface area contributed by atoms with Gasteiger partial charge in [-0.3, -0.25) is 9.78 Å². The molecule has 0 aliphatic carbocycles. The first-order chi connectivity index (χ1) is 11.3. The molecule has 0 aliphatic heterocycles. The molecule has 0 fully saturated rings. The molecule has 2 aromatic heterocycles. The standard InChI is InChI=1S/C17H15N3O2S/c1-22-15-8-3-2-6-12(15)16(13-7-4-5-9-18-13)20-17(21)14-10-23-11-19-14/h2-11,16H,1H3,(H,20,21)/t16-/m0/s1. The number of aromatic nitrogens is 2. The minimum atomic E-state index is -0.415. The predicted octanol–water partition coefficient (Wildman–Crippen LogP) is 3.07. The Kier molecular flexibility index (Phi) is 4.63. The van der Waals surface area contributed by atoms with Crippen molar-refractivity contribution in [2.45, 2.75) is 6.04 Å². The zero-order chi connectivity index (χ0) is 16.1. The van der Waals surface area contributed by atoms with Crippen molar-refractivity contribution in [2.24, 2.45) is 0 Å². The van der Waals surface area contributed by atoms with Gasteiger partial charge in [-0.1, -0.05) is 24.3 Å². The highest BCUT2D eigenvalue weighted by atomic mass is 32.1. The van der Waals surface area contributed by atoms with Crippen LogP contribution in [0.1, 0.15) is 27.8 Å². The molecule has 0 saturated heterocycles. The average Bonchev–Trinajstić information content (AvgIpc) is 3.15. The number of ether oxygens (including phenoxy) is 1. The molecule has 1 N–H and O–H groups in total. The molecule has 0 saturated carbocycles. The number of benzene rings is 1. The molecule has 0 aliphatic rings. The maximum Gasteiger partial charge on any atom is 0.271 e. The Hall–Kier alpha value is -2.73. The summed E-state index contributed by atoms with van der Waals surface area (Å²) in [5, 5.41) is 4.70. The van der Waals surface area contributed by atoms with Crippen LogP contribution in [0.3, 0.4) is 0 Å². The predicted molar refractivity (Wildman–Crippen MR) is 88.7 cm³/mol. The lowest BCUT2D eigenvalue weighted by atomic mass is 10.0. The summed E-state index contributed by atoms with van der Waals surface area (Å²) in [6.45, 7) is 0. The number of amides is 1. The minimum Gasteiger partial charge on any atom is -0.496 e. The van der Waals surface area contributed by atoms with Crippen LogP contribution in [-0.4, -0.2) is 23.0 Å². The normalized spacial score (nSPS) is 11.7. The summed E-state index contributed by atoms with van der Waals surface area (Å²) in [6, 6.07) is 12.8. The molecular formula is C17H15N3O2S. The zero-order valence-corrected chi connectivity index (χ0v) is 13.3. The van der Waals surface area contributed by atoms with Crippen LogP contribution in [0.2, 0.25) is 0 Å². The van der Waals surface area contributed by atoms with E-state index in [0.29, 0.717) is 11.4 Å². The Morgan fingerprint density at radius 2 is 2.00 bits per heavy atom. The molecule has 6 heteroatoms. The first-order valence-corrected chi connectivity index (χ1v) is 7.97. The Morgan fingerprint density at radius 3 is 2.70 bits per heavy atom. The van der Waals surface area contributed by atoms with Gasteiger partial charge in [-0.25, -0.2) is 4.98 Å². The van der Waals surface area contributed by atoms with E-state index in [-0.39, 0.29) is 5.91 Å². The lowest BCUT2D eigenvalue weighted by Gasteiger charge is -2.20. The van der Waals surface area contributed by atoms with Gasteiger partial charge in [0, 0.05) is 17.1 Å². The van der Waals surface area contributed by atoms with Gasteiger partial charge < -0.3 is 10.1 Å². The Morgan fingerprint density at radius 1 is 1.17 bits per heavy atom. The fourth-order valence-corrected chi connectivity index (χ4v) is 2.82. The molecule has 1 atom stereocenters. The van der Waals surface area contributed by atoms with Crippen molar-refractivity contribution in [3.63, 3.8) is 0 Å². The van der Waals surface area contributed by atoms with Crippen molar-refractivity contribution < 1.29 is 9.53 Å². The number of hydrogen-bond acceptors (Lipinski definition) is 5. The molecule has 5 nitrogen and oxygen atoms in total. The Balaban J connectivity index is 1.99. The lowest BCUT2D eigenvalue weighted by molar-refractivity contribution is 0.0937. The number of nitrogens with zero attached hydrogens (tertiary/aromatic N) is 2. The van der Waals surface area contributed by atoms with E-state index in [1.54, 1.807) is 24.2 Å². The number of carbonyl (C=O) groups is 1. The number of methoxy groups -OCH3 is 1. The molecule has 0 spiro atoms. The number of pyridine rings is 1. The van der Waals surface area contributed by atoms with Crippen LogP contribution in [0.15, 0.2) is 59.6 Å². The van der Waals surface area contributed by atoms with Gasteiger partial charge in [0.25, 0.3) is 5.91 Å². The van der Waals surface area contributed by atoms with E-state index in [0.717, 1.165) is 11.3 Å². The molecule has 2 heterocycles. The highest BCUT2D eigenvalue weighted by molar-refractivity contribution is 7.07. The molecule has 116 valence electrons. The van der Waals surface area contributed by atoms with Crippen LogP contribution in [0, 0.1) is 0 Å². The fraction of sp³-hybridized carbons (Fsp3) is 0.118. The second-order valence-corrected chi connectivity index (χ2v) is 5.50. The van der Waals surface area contributed by atoms with E-state index in [2.05, 4.69) is 15.3 Å². The molecule has 0 unspecified atom stereocenters. The summed E-state index contributed by atoms with van der Waals surface area (Å²) >= 11 is 1.38. The molecule has 1 aromatic carbocycles. The van der Waals surface area contributed by atoms with Gasteiger partial charge in [-0.05, 0) is 18.2 Å². The molecule has 0 bridgehead atoms. The van der Waals surface area contributed by atoms with E-state index in [1.807, 2.05) is 42.5 Å². The lowest BCUT2D eigenvalue weighted by Crippen LogP contribution is -2.30. The summed E-state index contributed by atoms with van der Waals surface area (Å²) in [7, 11) is 1.61. The van der Waals surface area contributed by atoms with Crippen molar-refractivity contribution in [3.8, 4) is 5.75 Å². The SMILES string of the molecule is COc1ccccc1[C@H](NC(=O)c1cscn1)c1ccccn1. The Labute approximate surface area is 138 Å². The number of hydrogen-bond donors (Lipinski definition) is 1. The monoisotopic (exact) mass is 325 g/mol. The van der Waals surface area contributed by atoms with E-state index in [9.17, 15) is 4.79 Å². The fourth-order valence-electron chi connectivity index (χ4n) is 2.29.